The fourth-order valence-electron chi connectivity index (χ4n) is 3.11. The molecule has 25 heavy (non-hydrogen) atoms. The largest absolute Gasteiger partial charge is 0.369 e. The molecule has 0 aliphatic carbocycles. The minimum Gasteiger partial charge on any atom is -0.369 e. The zero-order valence-electron chi connectivity index (χ0n) is 14.5. The summed E-state index contributed by atoms with van der Waals surface area (Å²) in [7, 11) is 0. The molecule has 1 fully saturated rings. The molecule has 0 atom stereocenters. The van der Waals surface area contributed by atoms with E-state index in [1.54, 1.807) is 24.3 Å². The molecule has 3 rings (SSSR count). The van der Waals surface area contributed by atoms with Crippen molar-refractivity contribution < 1.29 is 4.79 Å². The molecule has 1 N–H and O–H groups in total. The summed E-state index contributed by atoms with van der Waals surface area (Å²) in [6.45, 7) is 7.74. The number of nitrogens with zero attached hydrogens (tertiary/aromatic N) is 2. The monoisotopic (exact) mass is 357 g/mol. The van der Waals surface area contributed by atoms with Crippen molar-refractivity contribution in [3.63, 3.8) is 0 Å². The van der Waals surface area contributed by atoms with Gasteiger partial charge in [-0.05, 0) is 61.5 Å². The molecule has 0 unspecified atom stereocenters. The summed E-state index contributed by atoms with van der Waals surface area (Å²) in [6.07, 6.45) is 1.21. The molecule has 2 aromatic rings. The summed E-state index contributed by atoms with van der Waals surface area (Å²) < 4.78 is 0. The van der Waals surface area contributed by atoms with E-state index in [1.807, 2.05) is 12.1 Å². The normalized spacial score (nSPS) is 15.2. The molecule has 0 bridgehead atoms. The Kier molecular flexibility index (Phi) is 5.95. The van der Waals surface area contributed by atoms with Gasteiger partial charge in [0.05, 0.1) is 0 Å². The van der Waals surface area contributed by atoms with Crippen molar-refractivity contribution in [3.8, 4) is 0 Å². The van der Waals surface area contributed by atoms with Crippen molar-refractivity contribution in [3.05, 3.63) is 59.1 Å². The number of halogens is 1. The van der Waals surface area contributed by atoms with Crippen LogP contribution in [0.1, 0.15) is 23.7 Å². The van der Waals surface area contributed by atoms with E-state index >= 15 is 0 Å². The summed E-state index contributed by atoms with van der Waals surface area (Å²) in [5.74, 6) is -0.127. The third-order valence-corrected chi connectivity index (χ3v) is 4.76. The van der Waals surface area contributed by atoms with Gasteiger partial charge in [0.2, 0.25) is 0 Å². The van der Waals surface area contributed by atoms with Crippen molar-refractivity contribution >= 4 is 28.9 Å². The number of benzene rings is 2. The maximum Gasteiger partial charge on any atom is 0.255 e. The summed E-state index contributed by atoms with van der Waals surface area (Å²) in [5.41, 5.74) is 2.61. The van der Waals surface area contributed by atoms with E-state index in [-0.39, 0.29) is 5.91 Å². The number of hydrogen-bond acceptors (Lipinski definition) is 3. The maximum atomic E-state index is 12.2. The van der Waals surface area contributed by atoms with Crippen LogP contribution >= 0.6 is 11.6 Å². The predicted octanol–water partition coefficient (Wildman–Crippen LogP) is 4.12. The Morgan fingerprint density at radius 1 is 1.00 bits per heavy atom. The van der Waals surface area contributed by atoms with E-state index in [1.165, 1.54) is 18.7 Å². The van der Waals surface area contributed by atoms with Gasteiger partial charge in [-0.3, -0.25) is 9.69 Å². The van der Waals surface area contributed by atoms with Crippen LogP contribution in [0.4, 0.5) is 11.4 Å². The molecule has 1 aliphatic rings. The van der Waals surface area contributed by atoms with Crippen LogP contribution in [0.2, 0.25) is 5.02 Å². The van der Waals surface area contributed by atoms with Crippen LogP contribution in [0.25, 0.3) is 0 Å². The van der Waals surface area contributed by atoms with Crippen molar-refractivity contribution in [1.29, 1.82) is 0 Å². The van der Waals surface area contributed by atoms with Crippen LogP contribution in [-0.4, -0.2) is 43.5 Å². The summed E-state index contributed by atoms with van der Waals surface area (Å²) >= 11 is 5.85. The number of nitrogens with one attached hydrogen (secondary N) is 1. The number of amides is 1. The second-order valence-corrected chi connectivity index (χ2v) is 6.77. The number of hydrogen-bond donors (Lipinski definition) is 1. The van der Waals surface area contributed by atoms with Gasteiger partial charge in [-0.2, -0.15) is 0 Å². The summed E-state index contributed by atoms with van der Waals surface area (Å²) in [4.78, 5) is 17.2. The summed E-state index contributed by atoms with van der Waals surface area (Å²) in [6, 6.07) is 15.0. The molecule has 4 nitrogen and oxygen atoms in total. The Bertz CT molecular complexity index is 692. The minimum absolute atomic E-state index is 0.127. The highest BCUT2D eigenvalue weighted by atomic mass is 35.5. The van der Waals surface area contributed by atoms with E-state index in [2.05, 4.69) is 34.2 Å². The van der Waals surface area contributed by atoms with Gasteiger partial charge < -0.3 is 10.2 Å². The van der Waals surface area contributed by atoms with Gasteiger partial charge in [0.25, 0.3) is 5.91 Å². The Labute approximate surface area is 154 Å². The standard InChI is InChI=1S/C20H24ClN3O/c1-2-11-23-12-14-24(15-13-23)19-9-7-18(8-10-19)22-20(25)16-3-5-17(21)6-4-16/h3-10H,2,11-15H2,1H3,(H,22,25). The molecule has 0 saturated carbocycles. The maximum absolute atomic E-state index is 12.2. The highest BCUT2D eigenvalue weighted by Gasteiger charge is 2.16. The Hall–Kier alpha value is -2.04. The lowest BCUT2D eigenvalue weighted by Gasteiger charge is -2.36. The molecule has 1 aliphatic heterocycles. The minimum atomic E-state index is -0.127. The number of carbonyl (C=O) groups excluding carboxylic acids is 1. The molecule has 0 aromatic heterocycles. The fourth-order valence-corrected chi connectivity index (χ4v) is 3.23. The van der Waals surface area contributed by atoms with Crippen LogP contribution < -0.4 is 10.2 Å². The van der Waals surface area contributed by atoms with Gasteiger partial charge in [0, 0.05) is 48.1 Å². The van der Waals surface area contributed by atoms with Crippen molar-refractivity contribution in [2.45, 2.75) is 13.3 Å². The Morgan fingerprint density at radius 2 is 1.64 bits per heavy atom. The number of anilines is 2. The van der Waals surface area contributed by atoms with Gasteiger partial charge in [0.15, 0.2) is 0 Å². The third-order valence-electron chi connectivity index (χ3n) is 4.51. The van der Waals surface area contributed by atoms with E-state index in [0.29, 0.717) is 10.6 Å². The molecule has 1 amide bonds. The average Bonchev–Trinajstić information content (AvgIpc) is 2.64. The lowest BCUT2D eigenvalue weighted by atomic mass is 10.2. The number of carbonyl (C=O) groups is 1. The van der Waals surface area contributed by atoms with Crippen molar-refractivity contribution in [1.82, 2.24) is 4.90 Å². The van der Waals surface area contributed by atoms with Crippen LogP contribution in [-0.2, 0) is 0 Å². The smallest absolute Gasteiger partial charge is 0.255 e. The van der Waals surface area contributed by atoms with Crippen LogP contribution in [0.3, 0.4) is 0 Å². The molecular weight excluding hydrogens is 334 g/mol. The highest BCUT2D eigenvalue weighted by molar-refractivity contribution is 6.30. The van der Waals surface area contributed by atoms with Crippen LogP contribution in [0.15, 0.2) is 48.5 Å². The third kappa shape index (κ3) is 4.74. The molecule has 0 radical (unpaired) electrons. The van der Waals surface area contributed by atoms with Crippen molar-refractivity contribution in [2.75, 3.05) is 42.9 Å². The first-order chi connectivity index (χ1) is 12.2. The van der Waals surface area contributed by atoms with Crippen LogP contribution in [0.5, 0.6) is 0 Å². The Balaban J connectivity index is 1.57. The molecule has 2 aromatic carbocycles. The van der Waals surface area contributed by atoms with Gasteiger partial charge in [0.1, 0.15) is 0 Å². The Morgan fingerprint density at radius 3 is 2.24 bits per heavy atom. The lowest BCUT2D eigenvalue weighted by Crippen LogP contribution is -2.46. The van der Waals surface area contributed by atoms with E-state index in [0.717, 1.165) is 31.9 Å². The first-order valence-electron chi connectivity index (χ1n) is 8.80. The topological polar surface area (TPSA) is 35.6 Å². The molecule has 0 spiro atoms. The zero-order chi connectivity index (χ0) is 17.6. The zero-order valence-corrected chi connectivity index (χ0v) is 15.3. The lowest BCUT2D eigenvalue weighted by molar-refractivity contribution is 0.102. The molecular formula is C20H24ClN3O. The number of rotatable bonds is 5. The molecule has 5 heteroatoms. The predicted molar refractivity (Wildman–Crippen MR) is 105 cm³/mol. The highest BCUT2D eigenvalue weighted by Crippen LogP contribution is 2.20. The van der Waals surface area contributed by atoms with Gasteiger partial charge in [-0.15, -0.1) is 0 Å². The fraction of sp³-hybridized carbons (Fsp3) is 0.350. The van der Waals surface area contributed by atoms with E-state index < -0.39 is 0 Å². The van der Waals surface area contributed by atoms with Crippen molar-refractivity contribution in [2.24, 2.45) is 0 Å². The van der Waals surface area contributed by atoms with Gasteiger partial charge >= 0.3 is 0 Å². The first-order valence-corrected chi connectivity index (χ1v) is 9.18. The molecule has 1 heterocycles. The quantitative estimate of drug-likeness (QED) is 0.874. The van der Waals surface area contributed by atoms with Gasteiger partial charge in [-0.1, -0.05) is 18.5 Å². The second-order valence-electron chi connectivity index (χ2n) is 6.34. The molecule has 132 valence electrons. The number of piperazine rings is 1. The second kappa shape index (κ2) is 8.37. The van der Waals surface area contributed by atoms with Gasteiger partial charge in [-0.25, -0.2) is 0 Å². The SMILES string of the molecule is CCCN1CCN(c2ccc(NC(=O)c3ccc(Cl)cc3)cc2)CC1. The average molecular weight is 358 g/mol. The van der Waals surface area contributed by atoms with E-state index in [4.69, 9.17) is 11.6 Å². The molecule has 1 saturated heterocycles. The first kappa shape index (κ1) is 17.8. The van der Waals surface area contributed by atoms with Crippen LogP contribution in [0, 0.1) is 0 Å². The summed E-state index contributed by atoms with van der Waals surface area (Å²) in [5, 5.41) is 3.55. The van der Waals surface area contributed by atoms with E-state index in [9.17, 15) is 4.79 Å².